The molecule has 2 aromatic carbocycles. The molecule has 0 aromatic heterocycles. The van der Waals surface area contributed by atoms with Crippen LogP contribution in [0.4, 0.5) is 0 Å². The van der Waals surface area contributed by atoms with Gasteiger partial charge in [-0.05, 0) is 38.5 Å². The highest BCUT2D eigenvalue weighted by molar-refractivity contribution is 7.91. The number of ether oxygens (including phenoxy) is 1. The van der Waals surface area contributed by atoms with E-state index in [9.17, 15) is 18.3 Å². The molecular formula is C21H22ClNO5S. The number of hydrogen-bond donors (Lipinski definition) is 1. The Hall–Kier alpha value is -2.09. The summed E-state index contributed by atoms with van der Waals surface area (Å²) in [6.07, 6.45) is 0.0785. The average Bonchev–Trinajstić information content (AvgIpc) is 3.08. The monoisotopic (exact) mass is 435 g/mol. The topological polar surface area (TPSA) is 83.9 Å². The van der Waals surface area contributed by atoms with E-state index in [1.165, 1.54) is 24.3 Å². The number of aliphatic hydroxyl groups is 1. The Balaban J connectivity index is 1.90. The summed E-state index contributed by atoms with van der Waals surface area (Å²) in [5.74, 6) is 0.308. The number of sulfone groups is 1. The van der Waals surface area contributed by atoms with E-state index in [0.717, 1.165) is 0 Å². The first-order valence-electron chi connectivity index (χ1n) is 9.43. The second-order valence-corrected chi connectivity index (χ2v) is 10.2. The van der Waals surface area contributed by atoms with Crippen molar-refractivity contribution in [3.63, 3.8) is 0 Å². The number of likely N-dealkylation sites (tertiary alicyclic amines) is 1. The summed E-state index contributed by atoms with van der Waals surface area (Å²) in [6, 6.07) is 10.2. The van der Waals surface area contributed by atoms with Crippen LogP contribution >= 0.6 is 11.6 Å². The molecule has 2 aromatic rings. The van der Waals surface area contributed by atoms with Crippen molar-refractivity contribution in [3.05, 3.63) is 53.1 Å². The molecule has 2 unspecified atom stereocenters. The molecule has 8 heteroatoms. The molecule has 0 radical (unpaired) electrons. The van der Waals surface area contributed by atoms with Crippen LogP contribution in [-0.4, -0.2) is 42.6 Å². The number of aliphatic hydroxyl groups excluding tert-OH is 1. The highest BCUT2D eigenvalue weighted by Crippen LogP contribution is 2.47. The van der Waals surface area contributed by atoms with Crippen molar-refractivity contribution in [2.45, 2.75) is 54.2 Å². The lowest BCUT2D eigenvalue weighted by Crippen LogP contribution is -2.53. The van der Waals surface area contributed by atoms with Gasteiger partial charge in [0.2, 0.25) is 15.7 Å². The maximum Gasteiger partial charge on any atom is 0.223 e. The second-order valence-electron chi connectivity index (χ2n) is 7.92. The van der Waals surface area contributed by atoms with Crippen LogP contribution in [-0.2, 0) is 14.6 Å². The van der Waals surface area contributed by atoms with Crippen molar-refractivity contribution < 1.29 is 23.1 Å². The normalized spacial score (nSPS) is 23.6. The molecule has 2 heterocycles. The average molecular weight is 436 g/mol. The van der Waals surface area contributed by atoms with Gasteiger partial charge in [0.15, 0.2) is 0 Å². The van der Waals surface area contributed by atoms with E-state index in [-0.39, 0.29) is 20.7 Å². The lowest BCUT2D eigenvalue weighted by Gasteiger charge is -2.45. The smallest absolute Gasteiger partial charge is 0.223 e. The highest BCUT2D eigenvalue weighted by Gasteiger charge is 2.48. The van der Waals surface area contributed by atoms with Crippen LogP contribution in [0, 0.1) is 0 Å². The van der Waals surface area contributed by atoms with E-state index >= 15 is 0 Å². The molecule has 2 aliphatic heterocycles. The number of amides is 1. The van der Waals surface area contributed by atoms with Crippen molar-refractivity contribution in [1.29, 1.82) is 0 Å². The van der Waals surface area contributed by atoms with Gasteiger partial charge in [-0.15, -0.1) is 0 Å². The zero-order valence-electron chi connectivity index (χ0n) is 16.1. The zero-order chi connectivity index (χ0) is 21.0. The zero-order valence-corrected chi connectivity index (χ0v) is 17.7. The number of fused-ring (bicyclic) bond motifs is 1. The molecule has 154 valence electrons. The van der Waals surface area contributed by atoms with Crippen LogP contribution in [0.2, 0.25) is 5.02 Å². The third-order valence-corrected chi connectivity index (χ3v) is 7.79. The van der Waals surface area contributed by atoms with Gasteiger partial charge in [-0.1, -0.05) is 29.8 Å². The molecule has 4 rings (SSSR count). The van der Waals surface area contributed by atoms with E-state index in [1.54, 1.807) is 36.9 Å². The minimum Gasteiger partial charge on any atom is -0.485 e. The first-order valence-corrected chi connectivity index (χ1v) is 11.3. The van der Waals surface area contributed by atoms with Crippen molar-refractivity contribution in [3.8, 4) is 5.75 Å². The fourth-order valence-electron chi connectivity index (χ4n) is 4.00. The van der Waals surface area contributed by atoms with Crippen LogP contribution in [0.5, 0.6) is 5.75 Å². The standard InChI is InChI=1S/C21H22ClNO5S/c1-21(2)20(25)19(23-10-6-9-18(23)24)14-11-17(15(22)12-16(14)28-21)29(26,27)13-7-4-3-5-8-13/h3-5,7-8,11-12,19-20,25H,6,9-10H2,1-2H3. The third kappa shape index (κ3) is 3.31. The Morgan fingerprint density at radius 2 is 1.90 bits per heavy atom. The maximum atomic E-state index is 13.2. The van der Waals surface area contributed by atoms with Gasteiger partial charge >= 0.3 is 0 Å². The van der Waals surface area contributed by atoms with E-state index < -0.39 is 27.6 Å². The largest absolute Gasteiger partial charge is 0.485 e. The number of halogens is 1. The van der Waals surface area contributed by atoms with E-state index in [0.29, 0.717) is 30.7 Å². The Bertz CT molecular complexity index is 1070. The highest BCUT2D eigenvalue weighted by atomic mass is 35.5. The van der Waals surface area contributed by atoms with Gasteiger partial charge in [-0.3, -0.25) is 4.79 Å². The molecule has 0 bridgehead atoms. The van der Waals surface area contributed by atoms with Crippen LogP contribution < -0.4 is 4.74 Å². The summed E-state index contributed by atoms with van der Waals surface area (Å²) in [5.41, 5.74) is -0.519. The molecule has 0 saturated carbocycles. The van der Waals surface area contributed by atoms with Gasteiger partial charge < -0.3 is 14.7 Å². The molecule has 2 atom stereocenters. The Morgan fingerprint density at radius 1 is 1.21 bits per heavy atom. The molecule has 1 amide bonds. The fourth-order valence-corrected chi connectivity index (χ4v) is 5.82. The van der Waals surface area contributed by atoms with Crippen molar-refractivity contribution >= 4 is 27.3 Å². The summed E-state index contributed by atoms with van der Waals surface area (Å²) in [4.78, 5) is 14.1. The van der Waals surface area contributed by atoms with Crippen LogP contribution in [0.3, 0.4) is 0 Å². The molecule has 2 aliphatic rings. The van der Waals surface area contributed by atoms with Gasteiger partial charge in [0.1, 0.15) is 17.5 Å². The predicted molar refractivity (Wildman–Crippen MR) is 108 cm³/mol. The number of rotatable bonds is 3. The predicted octanol–water partition coefficient (Wildman–Crippen LogP) is 3.37. The van der Waals surface area contributed by atoms with E-state index in [2.05, 4.69) is 0 Å². The third-order valence-electron chi connectivity index (χ3n) is 5.56. The molecule has 0 spiro atoms. The van der Waals surface area contributed by atoms with Gasteiger partial charge in [0.25, 0.3) is 0 Å². The summed E-state index contributed by atoms with van der Waals surface area (Å²) < 4.78 is 32.3. The maximum absolute atomic E-state index is 13.2. The minimum atomic E-state index is -3.88. The summed E-state index contributed by atoms with van der Waals surface area (Å²) >= 11 is 6.36. The fraction of sp³-hybridized carbons (Fsp3) is 0.381. The number of carbonyl (C=O) groups is 1. The SMILES string of the molecule is CC1(C)Oc2cc(Cl)c(S(=O)(=O)c3ccccc3)cc2C(N2CCCC2=O)C1O. The molecule has 0 aliphatic carbocycles. The second kappa shape index (κ2) is 7.00. The molecule has 1 N–H and O–H groups in total. The van der Waals surface area contributed by atoms with E-state index in [4.69, 9.17) is 16.3 Å². The van der Waals surface area contributed by atoms with Crippen LogP contribution in [0.25, 0.3) is 0 Å². The Kier molecular flexibility index (Phi) is 4.88. The number of nitrogens with zero attached hydrogens (tertiary/aromatic N) is 1. The summed E-state index contributed by atoms with van der Waals surface area (Å²) in [7, 11) is -3.88. The Morgan fingerprint density at radius 3 is 2.52 bits per heavy atom. The number of benzene rings is 2. The number of carbonyl (C=O) groups excluding carboxylic acids is 1. The van der Waals surface area contributed by atoms with Crippen molar-refractivity contribution in [2.24, 2.45) is 0 Å². The molecule has 29 heavy (non-hydrogen) atoms. The first-order chi connectivity index (χ1) is 13.6. The lowest BCUT2D eigenvalue weighted by atomic mass is 9.85. The first kappa shape index (κ1) is 20.2. The summed E-state index contributed by atoms with van der Waals surface area (Å²) in [5, 5.41) is 11.0. The van der Waals surface area contributed by atoms with Gasteiger partial charge in [-0.2, -0.15) is 0 Å². The van der Waals surface area contributed by atoms with E-state index in [1.807, 2.05) is 0 Å². The van der Waals surface area contributed by atoms with Gasteiger partial charge in [0.05, 0.1) is 20.9 Å². The minimum absolute atomic E-state index is 0.0336. The van der Waals surface area contributed by atoms with Crippen molar-refractivity contribution in [1.82, 2.24) is 4.90 Å². The summed E-state index contributed by atoms with van der Waals surface area (Å²) in [6.45, 7) is 3.97. The molecule has 6 nitrogen and oxygen atoms in total. The van der Waals surface area contributed by atoms with Crippen molar-refractivity contribution in [2.75, 3.05) is 6.54 Å². The van der Waals surface area contributed by atoms with Crippen LogP contribution in [0.1, 0.15) is 38.3 Å². The van der Waals surface area contributed by atoms with Crippen LogP contribution in [0.15, 0.2) is 52.3 Å². The molecule has 1 fully saturated rings. The molecular weight excluding hydrogens is 414 g/mol. The Labute approximate surface area is 175 Å². The number of hydrogen-bond acceptors (Lipinski definition) is 5. The van der Waals surface area contributed by atoms with Gasteiger partial charge in [0, 0.05) is 24.6 Å². The van der Waals surface area contributed by atoms with Gasteiger partial charge in [-0.25, -0.2) is 8.42 Å². The quantitative estimate of drug-likeness (QED) is 0.799. The molecule has 1 saturated heterocycles. The lowest BCUT2D eigenvalue weighted by molar-refractivity contribution is -0.139.